The van der Waals surface area contributed by atoms with Gasteiger partial charge in [0.15, 0.2) is 0 Å². The summed E-state index contributed by atoms with van der Waals surface area (Å²) in [6.07, 6.45) is 2.09. The fourth-order valence-corrected chi connectivity index (χ4v) is 1.94. The van der Waals surface area contributed by atoms with Gasteiger partial charge in [-0.25, -0.2) is 0 Å². The average molecular weight is 186 g/mol. The molecule has 0 aromatic heterocycles. The first-order valence-electron chi connectivity index (χ1n) is 5.35. The van der Waals surface area contributed by atoms with E-state index in [1.54, 1.807) is 0 Å². The molecule has 3 heteroatoms. The highest BCUT2D eigenvalue weighted by atomic mass is 16.3. The van der Waals surface area contributed by atoms with Crippen LogP contribution in [-0.2, 0) is 0 Å². The molecule has 13 heavy (non-hydrogen) atoms. The summed E-state index contributed by atoms with van der Waals surface area (Å²) in [4.78, 5) is 2.46. The Labute approximate surface area is 81.1 Å². The van der Waals surface area contributed by atoms with Crippen molar-refractivity contribution in [2.24, 2.45) is 0 Å². The lowest BCUT2D eigenvalue weighted by atomic mass is 10.2. The molecule has 2 N–H and O–H groups in total. The predicted molar refractivity (Wildman–Crippen MR) is 54.8 cm³/mol. The fourth-order valence-electron chi connectivity index (χ4n) is 1.94. The third-order valence-electron chi connectivity index (χ3n) is 2.80. The van der Waals surface area contributed by atoms with Gasteiger partial charge in [-0.2, -0.15) is 0 Å². The van der Waals surface area contributed by atoms with E-state index >= 15 is 0 Å². The molecule has 0 aromatic carbocycles. The first-order valence-corrected chi connectivity index (χ1v) is 5.35. The molecule has 1 saturated heterocycles. The van der Waals surface area contributed by atoms with Crippen molar-refractivity contribution in [3.8, 4) is 0 Å². The number of nitrogens with zero attached hydrogens (tertiary/aromatic N) is 1. The predicted octanol–water partition coefficient (Wildman–Crippen LogP) is 0.441. The third-order valence-corrected chi connectivity index (χ3v) is 2.80. The fraction of sp³-hybridized carbons (Fsp3) is 1.00. The topological polar surface area (TPSA) is 35.5 Å². The molecule has 3 nitrogen and oxygen atoms in total. The second-order valence-electron chi connectivity index (χ2n) is 3.96. The zero-order valence-corrected chi connectivity index (χ0v) is 8.79. The van der Waals surface area contributed by atoms with Crippen LogP contribution in [0, 0.1) is 0 Å². The summed E-state index contributed by atoms with van der Waals surface area (Å²) in [7, 11) is 0. The Hall–Kier alpha value is -0.120. The Morgan fingerprint density at radius 1 is 1.54 bits per heavy atom. The summed E-state index contributed by atoms with van der Waals surface area (Å²) >= 11 is 0. The monoisotopic (exact) mass is 186 g/mol. The highest BCUT2D eigenvalue weighted by molar-refractivity contribution is 4.79. The lowest BCUT2D eigenvalue weighted by molar-refractivity contribution is 0.231. The van der Waals surface area contributed by atoms with Crippen LogP contribution < -0.4 is 5.32 Å². The van der Waals surface area contributed by atoms with Crippen molar-refractivity contribution in [3.63, 3.8) is 0 Å². The molecular weight excluding hydrogens is 164 g/mol. The highest BCUT2D eigenvalue weighted by Gasteiger charge is 2.19. The van der Waals surface area contributed by atoms with Gasteiger partial charge in [0, 0.05) is 25.2 Å². The minimum atomic E-state index is 0.294. The van der Waals surface area contributed by atoms with Crippen LogP contribution >= 0.6 is 0 Å². The smallest absolute Gasteiger partial charge is 0.0446 e. The zero-order valence-electron chi connectivity index (χ0n) is 8.79. The Bertz CT molecular complexity index is 141. The third kappa shape index (κ3) is 3.63. The summed E-state index contributed by atoms with van der Waals surface area (Å²) in [6, 6.07) is 1.07. The molecule has 1 aliphatic heterocycles. The number of aliphatic hydroxyl groups is 1. The summed E-state index contributed by atoms with van der Waals surface area (Å²) in [5.41, 5.74) is 0. The minimum Gasteiger partial charge on any atom is -0.396 e. The molecule has 1 heterocycles. The molecule has 2 unspecified atom stereocenters. The lowest BCUT2D eigenvalue weighted by Crippen LogP contribution is -2.40. The van der Waals surface area contributed by atoms with Gasteiger partial charge in [0.25, 0.3) is 0 Å². The van der Waals surface area contributed by atoms with Crippen molar-refractivity contribution in [1.29, 1.82) is 0 Å². The number of hydrogen-bond acceptors (Lipinski definition) is 3. The van der Waals surface area contributed by atoms with Crippen LogP contribution in [0.3, 0.4) is 0 Å². The SMILES string of the molecule is CCN1CCC(C)NC(CCO)C1. The van der Waals surface area contributed by atoms with Crippen molar-refractivity contribution in [2.45, 2.75) is 38.8 Å². The van der Waals surface area contributed by atoms with Crippen molar-refractivity contribution >= 4 is 0 Å². The van der Waals surface area contributed by atoms with Crippen LogP contribution in [0.5, 0.6) is 0 Å². The quantitative estimate of drug-likeness (QED) is 0.671. The minimum absolute atomic E-state index is 0.294. The van der Waals surface area contributed by atoms with E-state index in [2.05, 4.69) is 24.1 Å². The van der Waals surface area contributed by atoms with E-state index in [1.807, 2.05) is 0 Å². The van der Waals surface area contributed by atoms with Crippen LogP contribution in [0.4, 0.5) is 0 Å². The van der Waals surface area contributed by atoms with E-state index < -0.39 is 0 Å². The van der Waals surface area contributed by atoms with E-state index in [4.69, 9.17) is 5.11 Å². The van der Waals surface area contributed by atoms with Gasteiger partial charge in [-0.1, -0.05) is 6.92 Å². The van der Waals surface area contributed by atoms with Gasteiger partial charge < -0.3 is 15.3 Å². The summed E-state index contributed by atoms with van der Waals surface area (Å²) < 4.78 is 0. The van der Waals surface area contributed by atoms with Gasteiger partial charge in [0.05, 0.1) is 0 Å². The number of rotatable bonds is 3. The Balaban J connectivity index is 2.42. The molecule has 0 aromatic rings. The van der Waals surface area contributed by atoms with Gasteiger partial charge in [-0.15, -0.1) is 0 Å². The second kappa shape index (κ2) is 5.58. The van der Waals surface area contributed by atoms with Gasteiger partial charge in [-0.3, -0.25) is 0 Å². The molecule has 0 aliphatic carbocycles. The molecule has 0 saturated carbocycles. The molecule has 2 atom stereocenters. The lowest BCUT2D eigenvalue weighted by Gasteiger charge is -2.22. The standard InChI is InChI=1S/C10H22N2O/c1-3-12-6-4-9(2)11-10(8-12)5-7-13/h9-11,13H,3-8H2,1-2H3. The van der Waals surface area contributed by atoms with Gasteiger partial charge in [0.1, 0.15) is 0 Å². The number of hydrogen-bond donors (Lipinski definition) is 2. The Morgan fingerprint density at radius 2 is 2.31 bits per heavy atom. The number of nitrogens with one attached hydrogen (secondary N) is 1. The highest BCUT2D eigenvalue weighted by Crippen LogP contribution is 2.07. The molecular formula is C10H22N2O. The molecule has 0 radical (unpaired) electrons. The van der Waals surface area contributed by atoms with Crippen LogP contribution in [0.1, 0.15) is 26.7 Å². The number of aliphatic hydroxyl groups excluding tert-OH is 1. The molecule has 0 spiro atoms. The van der Waals surface area contributed by atoms with Crippen molar-refractivity contribution < 1.29 is 5.11 Å². The molecule has 1 rings (SSSR count). The van der Waals surface area contributed by atoms with E-state index in [0.29, 0.717) is 18.7 Å². The van der Waals surface area contributed by atoms with Crippen LogP contribution in [0.15, 0.2) is 0 Å². The van der Waals surface area contributed by atoms with E-state index in [-0.39, 0.29) is 0 Å². The second-order valence-corrected chi connectivity index (χ2v) is 3.96. The molecule has 1 aliphatic rings. The Kier molecular flexibility index (Phi) is 4.70. The maximum Gasteiger partial charge on any atom is 0.0446 e. The van der Waals surface area contributed by atoms with Crippen LogP contribution in [0.25, 0.3) is 0 Å². The van der Waals surface area contributed by atoms with E-state index in [0.717, 1.165) is 19.5 Å². The Morgan fingerprint density at radius 3 is 2.92 bits per heavy atom. The van der Waals surface area contributed by atoms with Crippen molar-refractivity contribution in [1.82, 2.24) is 10.2 Å². The molecule has 1 fully saturated rings. The van der Waals surface area contributed by atoms with Gasteiger partial charge in [-0.05, 0) is 32.9 Å². The van der Waals surface area contributed by atoms with Crippen molar-refractivity contribution in [2.75, 3.05) is 26.2 Å². The van der Waals surface area contributed by atoms with E-state index in [1.165, 1.54) is 13.0 Å². The maximum absolute atomic E-state index is 8.90. The first-order chi connectivity index (χ1) is 6.26. The summed E-state index contributed by atoms with van der Waals surface area (Å²) in [5.74, 6) is 0. The summed E-state index contributed by atoms with van der Waals surface area (Å²) in [5, 5.41) is 12.4. The normalized spacial score (nSPS) is 31.6. The first kappa shape index (κ1) is 11.0. The molecule has 0 bridgehead atoms. The average Bonchev–Trinajstić information content (AvgIpc) is 2.28. The van der Waals surface area contributed by atoms with Gasteiger partial charge >= 0.3 is 0 Å². The molecule has 78 valence electrons. The summed E-state index contributed by atoms with van der Waals surface area (Å²) in [6.45, 7) is 8.11. The van der Waals surface area contributed by atoms with Crippen LogP contribution in [-0.4, -0.2) is 48.3 Å². The maximum atomic E-state index is 8.90. The van der Waals surface area contributed by atoms with Crippen LogP contribution in [0.2, 0.25) is 0 Å². The van der Waals surface area contributed by atoms with Gasteiger partial charge in [0.2, 0.25) is 0 Å². The molecule has 0 amide bonds. The van der Waals surface area contributed by atoms with Crippen molar-refractivity contribution in [3.05, 3.63) is 0 Å². The number of likely N-dealkylation sites (N-methyl/N-ethyl adjacent to an activating group) is 1. The van der Waals surface area contributed by atoms with E-state index in [9.17, 15) is 0 Å². The largest absolute Gasteiger partial charge is 0.396 e. The zero-order chi connectivity index (χ0) is 9.68.